The van der Waals surface area contributed by atoms with Crippen molar-refractivity contribution in [2.24, 2.45) is 0 Å². The minimum atomic E-state index is -0.229. The summed E-state index contributed by atoms with van der Waals surface area (Å²) in [5, 5.41) is 0. The molecule has 13 heavy (non-hydrogen) atoms. The summed E-state index contributed by atoms with van der Waals surface area (Å²) in [6.45, 7) is 5.86. The molecule has 0 fully saturated rings. The van der Waals surface area contributed by atoms with Gasteiger partial charge in [0.15, 0.2) is 0 Å². The molecule has 3 heteroatoms. The number of nitrogens with zero attached hydrogens (tertiary/aromatic N) is 2. The van der Waals surface area contributed by atoms with Gasteiger partial charge in [0.05, 0.1) is 18.0 Å². The first kappa shape index (κ1) is 9.71. The molecule has 0 aliphatic carbocycles. The van der Waals surface area contributed by atoms with Crippen LogP contribution < -0.4 is 0 Å². The fraction of sp³-hybridized carbons (Fsp3) is 0.300. The number of fused-ring (bicyclic) bond motifs is 1. The lowest BCUT2D eigenvalue weighted by molar-refractivity contribution is 0.618. The molecular formula is C10H13FN2. The quantitative estimate of drug-likeness (QED) is 0.609. The van der Waals surface area contributed by atoms with E-state index < -0.39 is 0 Å². The van der Waals surface area contributed by atoms with Crippen LogP contribution in [0.3, 0.4) is 0 Å². The summed E-state index contributed by atoms with van der Waals surface area (Å²) in [5.74, 6) is -0.229. The third kappa shape index (κ3) is 1.86. The van der Waals surface area contributed by atoms with E-state index in [1.54, 1.807) is 16.9 Å². The predicted octanol–water partition coefficient (Wildman–Crippen LogP) is 2.81. The number of pyridine rings is 1. The standard InChI is InChI=1S/C8H7FN2.C2H6/c1-6-2-7(9)4-11-5-10-3-8(6)11;1-2/h2-5H,1H3;1-2H3. The second kappa shape index (κ2) is 4.03. The molecule has 2 aromatic rings. The molecule has 0 spiro atoms. The largest absolute Gasteiger partial charge is 0.303 e. The SMILES string of the molecule is CC.Cc1cc(F)cn2cncc12. The van der Waals surface area contributed by atoms with Crippen LogP contribution in [0.1, 0.15) is 19.4 Å². The Labute approximate surface area is 77.0 Å². The van der Waals surface area contributed by atoms with E-state index >= 15 is 0 Å². The van der Waals surface area contributed by atoms with Gasteiger partial charge in [0, 0.05) is 6.20 Å². The van der Waals surface area contributed by atoms with Crippen molar-refractivity contribution >= 4 is 5.52 Å². The first-order valence-corrected chi connectivity index (χ1v) is 4.35. The van der Waals surface area contributed by atoms with Crippen LogP contribution in [0, 0.1) is 12.7 Å². The number of rotatable bonds is 0. The maximum atomic E-state index is 12.7. The van der Waals surface area contributed by atoms with Crippen molar-refractivity contribution < 1.29 is 4.39 Å². The van der Waals surface area contributed by atoms with Crippen LogP contribution >= 0.6 is 0 Å². The minimum Gasteiger partial charge on any atom is -0.303 e. The topological polar surface area (TPSA) is 17.3 Å². The molecule has 2 rings (SSSR count). The van der Waals surface area contributed by atoms with E-state index in [1.165, 1.54) is 12.3 Å². The average Bonchev–Trinajstić information content (AvgIpc) is 2.55. The Balaban J connectivity index is 0.000000396. The molecule has 0 bridgehead atoms. The van der Waals surface area contributed by atoms with Gasteiger partial charge in [-0.25, -0.2) is 9.37 Å². The molecule has 0 saturated carbocycles. The lowest BCUT2D eigenvalue weighted by atomic mass is 10.2. The van der Waals surface area contributed by atoms with Gasteiger partial charge in [-0.05, 0) is 18.6 Å². The van der Waals surface area contributed by atoms with Crippen molar-refractivity contribution in [3.63, 3.8) is 0 Å². The van der Waals surface area contributed by atoms with Gasteiger partial charge in [-0.2, -0.15) is 0 Å². The number of imidazole rings is 1. The molecule has 0 atom stereocenters. The van der Waals surface area contributed by atoms with Gasteiger partial charge < -0.3 is 4.40 Å². The molecule has 0 amide bonds. The van der Waals surface area contributed by atoms with Gasteiger partial charge in [0.1, 0.15) is 5.82 Å². The van der Waals surface area contributed by atoms with E-state index in [1.807, 2.05) is 20.8 Å². The summed E-state index contributed by atoms with van der Waals surface area (Å²) >= 11 is 0. The molecule has 0 radical (unpaired) electrons. The van der Waals surface area contributed by atoms with Gasteiger partial charge in [0.25, 0.3) is 0 Å². The smallest absolute Gasteiger partial charge is 0.140 e. The van der Waals surface area contributed by atoms with Gasteiger partial charge in [-0.1, -0.05) is 13.8 Å². The molecule has 70 valence electrons. The minimum absolute atomic E-state index is 0.229. The zero-order chi connectivity index (χ0) is 9.84. The van der Waals surface area contributed by atoms with Crippen molar-refractivity contribution in [2.45, 2.75) is 20.8 Å². The monoisotopic (exact) mass is 180 g/mol. The lowest BCUT2D eigenvalue weighted by Crippen LogP contribution is -1.87. The van der Waals surface area contributed by atoms with E-state index in [2.05, 4.69) is 4.98 Å². The summed E-state index contributed by atoms with van der Waals surface area (Å²) in [6, 6.07) is 1.50. The van der Waals surface area contributed by atoms with E-state index in [0.29, 0.717) is 0 Å². The van der Waals surface area contributed by atoms with Crippen molar-refractivity contribution in [3.8, 4) is 0 Å². The van der Waals surface area contributed by atoms with Crippen LogP contribution in [0.4, 0.5) is 4.39 Å². The highest BCUT2D eigenvalue weighted by molar-refractivity contribution is 5.52. The Morgan fingerprint density at radius 1 is 1.38 bits per heavy atom. The van der Waals surface area contributed by atoms with E-state index in [4.69, 9.17) is 0 Å². The second-order valence-electron chi connectivity index (χ2n) is 2.53. The van der Waals surface area contributed by atoms with Crippen LogP contribution in [-0.2, 0) is 0 Å². The molecule has 0 aliphatic heterocycles. The Kier molecular flexibility index (Phi) is 3.01. The average molecular weight is 180 g/mol. The van der Waals surface area contributed by atoms with Crippen LogP contribution in [-0.4, -0.2) is 9.38 Å². The molecule has 0 N–H and O–H groups in total. The van der Waals surface area contributed by atoms with Crippen LogP contribution in [0.5, 0.6) is 0 Å². The summed E-state index contributed by atoms with van der Waals surface area (Å²) in [7, 11) is 0. The maximum absolute atomic E-state index is 12.7. The molecular weight excluding hydrogens is 167 g/mol. The Bertz CT molecular complexity index is 393. The van der Waals surface area contributed by atoms with Gasteiger partial charge in [0.2, 0.25) is 0 Å². The van der Waals surface area contributed by atoms with Crippen molar-refractivity contribution in [1.29, 1.82) is 0 Å². The van der Waals surface area contributed by atoms with Crippen LogP contribution in [0.2, 0.25) is 0 Å². The number of halogens is 1. The van der Waals surface area contributed by atoms with Crippen LogP contribution in [0.15, 0.2) is 24.8 Å². The van der Waals surface area contributed by atoms with E-state index in [-0.39, 0.29) is 5.82 Å². The number of aryl methyl sites for hydroxylation is 1. The summed E-state index contributed by atoms with van der Waals surface area (Å²) in [4.78, 5) is 3.90. The summed E-state index contributed by atoms with van der Waals surface area (Å²) < 4.78 is 14.4. The zero-order valence-corrected chi connectivity index (χ0v) is 8.08. The first-order chi connectivity index (χ1) is 6.27. The van der Waals surface area contributed by atoms with Crippen molar-refractivity contribution in [1.82, 2.24) is 9.38 Å². The van der Waals surface area contributed by atoms with Gasteiger partial charge in [-0.3, -0.25) is 0 Å². The van der Waals surface area contributed by atoms with Crippen molar-refractivity contribution in [2.75, 3.05) is 0 Å². The summed E-state index contributed by atoms with van der Waals surface area (Å²) in [5.41, 5.74) is 1.86. The Morgan fingerprint density at radius 2 is 2.08 bits per heavy atom. The molecule has 0 saturated heterocycles. The van der Waals surface area contributed by atoms with Crippen LogP contribution in [0.25, 0.3) is 5.52 Å². The van der Waals surface area contributed by atoms with E-state index in [0.717, 1.165) is 11.1 Å². The molecule has 0 aromatic carbocycles. The third-order valence-electron chi connectivity index (χ3n) is 1.69. The zero-order valence-electron chi connectivity index (χ0n) is 8.08. The van der Waals surface area contributed by atoms with Gasteiger partial charge >= 0.3 is 0 Å². The fourth-order valence-corrected chi connectivity index (χ4v) is 1.16. The number of hydrogen-bond donors (Lipinski definition) is 0. The molecule has 0 aliphatic rings. The Hall–Kier alpha value is -1.38. The highest BCUT2D eigenvalue weighted by Gasteiger charge is 1.98. The molecule has 2 nitrogen and oxygen atoms in total. The third-order valence-corrected chi connectivity index (χ3v) is 1.69. The number of aromatic nitrogens is 2. The maximum Gasteiger partial charge on any atom is 0.140 e. The highest BCUT2D eigenvalue weighted by Crippen LogP contribution is 2.10. The molecule has 0 unspecified atom stereocenters. The second-order valence-corrected chi connectivity index (χ2v) is 2.53. The normalized spacial score (nSPS) is 9.54. The summed E-state index contributed by atoms with van der Waals surface area (Å²) in [6.07, 6.45) is 4.72. The molecule has 2 heterocycles. The Morgan fingerprint density at radius 3 is 2.77 bits per heavy atom. The first-order valence-electron chi connectivity index (χ1n) is 4.35. The highest BCUT2D eigenvalue weighted by atomic mass is 19.1. The lowest BCUT2D eigenvalue weighted by Gasteiger charge is -1.96. The van der Waals surface area contributed by atoms with Crippen molar-refractivity contribution in [3.05, 3.63) is 36.2 Å². The van der Waals surface area contributed by atoms with Gasteiger partial charge in [-0.15, -0.1) is 0 Å². The molecule has 2 aromatic heterocycles. The predicted molar refractivity (Wildman–Crippen MR) is 51.2 cm³/mol. The van der Waals surface area contributed by atoms with E-state index in [9.17, 15) is 4.39 Å². The fourth-order valence-electron chi connectivity index (χ4n) is 1.16. The number of hydrogen-bond acceptors (Lipinski definition) is 1.